The van der Waals surface area contributed by atoms with Gasteiger partial charge in [0.1, 0.15) is 0 Å². The van der Waals surface area contributed by atoms with Crippen LogP contribution in [0.3, 0.4) is 0 Å². The van der Waals surface area contributed by atoms with Crippen molar-refractivity contribution >= 4 is 29.9 Å². The van der Waals surface area contributed by atoms with Gasteiger partial charge in [0.15, 0.2) is 5.96 Å². The number of nitrogens with one attached hydrogen (secondary N) is 1. The van der Waals surface area contributed by atoms with Crippen LogP contribution in [0, 0.1) is 5.41 Å². The zero-order valence-corrected chi connectivity index (χ0v) is 18.0. The minimum Gasteiger partial charge on any atom is -0.379 e. The summed E-state index contributed by atoms with van der Waals surface area (Å²) in [6.45, 7) is 5.95. The summed E-state index contributed by atoms with van der Waals surface area (Å²) in [7, 11) is 0. The first-order valence-electron chi connectivity index (χ1n) is 10.1. The van der Waals surface area contributed by atoms with E-state index in [1.165, 1.54) is 64.2 Å². The Morgan fingerprint density at radius 2 is 1.68 bits per heavy atom. The van der Waals surface area contributed by atoms with Crippen molar-refractivity contribution in [1.29, 1.82) is 0 Å². The summed E-state index contributed by atoms with van der Waals surface area (Å²) in [5.41, 5.74) is 6.55. The molecule has 0 aromatic heterocycles. The number of aliphatic imine (C=N–C) groups is 1. The van der Waals surface area contributed by atoms with Crippen molar-refractivity contribution < 1.29 is 4.74 Å². The molecule has 5 nitrogen and oxygen atoms in total. The van der Waals surface area contributed by atoms with Gasteiger partial charge >= 0.3 is 0 Å². The number of ether oxygens (including phenoxy) is 1. The van der Waals surface area contributed by atoms with Crippen LogP contribution in [0.4, 0.5) is 0 Å². The van der Waals surface area contributed by atoms with Crippen molar-refractivity contribution in [3.05, 3.63) is 0 Å². The molecule has 0 amide bonds. The Morgan fingerprint density at radius 1 is 1.04 bits per heavy atom. The topological polar surface area (TPSA) is 62.9 Å². The Balaban J connectivity index is 0.00000225. The highest BCUT2D eigenvalue weighted by molar-refractivity contribution is 14.0. The Hall–Kier alpha value is -0.0800. The molecule has 0 atom stereocenters. The molecule has 0 aromatic carbocycles. The molecule has 0 spiro atoms. The lowest BCUT2D eigenvalue weighted by Crippen LogP contribution is -2.47. The highest BCUT2D eigenvalue weighted by Crippen LogP contribution is 2.37. The van der Waals surface area contributed by atoms with Crippen LogP contribution in [-0.4, -0.2) is 56.3 Å². The Kier molecular flexibility index (Phi) is 9.27. The fraction of sp³-hybridized carbons (Fsp3) is 0.947. The maximum Gasteiger partial charge on any atom is 0.188 e. The number of guanidine groups is 1. The van der Waals surface area contributed by atoms with Crippen LogP contribution in [0.1, 0.15) is 64.2 Å². The SMILES string of the molecule is I.NC(=NCC1(CN2CCOCC2)CCCCC1)NC1CCCCC1. The molecule has 0 bridgehead atoms. The Bertz CT molecular complexity index is 400. The van der Waals surface area contributed by atoms with Crippen LogP contribution in [0.25, 0.3) is 0 Å². The molecule has 146 valence electrons. The van der Waals surface area contributed by atoms with Gasteiger partial charge in [0.05, 0.1) is 13.2 Å². The normalized spacial score (nSPS) is 26.0. The number of nitrogens with zero attached hydrogens (tertiary/aromatic N) is 2. The summed E-state index contributed by atoms with van der Waals surface area (Å²) in [6.07, 6.45) is 13.2. The summed E-state index contributed by atoms with van der Waals surface area (Å²) < 4.78 is 5.51. The van der Waals surface area contributed by atoms with Crippen LogP contribution >= 0.6 is 24.0 Å². The molecule has 1 aliphatic heterocycles. The standard InChI is InChI=1S/C19H36N4O.HI/c20-18(22-17-7-3-1-4-8-17)21-15-19(9-5-2-6-10-19)16-23-11-13-24-14-12-23;/h17H,1-16H2,(H3,20,21,22);1H. The van der Waals surface area contributed by atoms with E-state index in [4.69, 9.17) is 15.5 Å². The summed E-state index contributed by atoms with van der Waals surface area (Å²) in [6, 6.07) is 0.545. The lowest BCUT2D eigenvalue weighted by molar-refractivity contribution is 0.00938. The fourth-order valence-corrected chi connectivity index (χ4v) is 4.66. The fourth-order valence-electron chi connectivity index (χ4n) is 4.66. The predicted octanol–water partition coefficient (Wildman–Crippen LogP) is 3.12. The number of hydrogen-bond acceptors (Lipinski definition) is 3. The van der Waals surface area contributed by atoms with Gasteiger partial charge in [-0.2, -0.15) is 0 Å². The lowest BCUT2D eigenvalue weighted by atomic mass is 9.73. The van der Waals surface area contributed by atoms with Gasteiger partial charge < -0.3 is 15.8 Å². The number of nitrogens with two attached hydrogens (primary N) is 1. The maximum absolute atomic E-state index is 6.22. The van der Waals surface area contributed by atoms with Crippen molar-refractivity contribution in [3.63, 3.8) is 0 Å². The zero-order chi connectivity index (χ0) is 16.7. The van der Waals surface area contributed by atoms with E-state index in [1.54, 1.807) is 0 Å². The van der Waals surface area contributed by atoms with E-state index in [1.807, 2.05) is 0 Å². The predicted molar refractivity (Wildman–Crippen MR) is 115 cm³/mol. The molecule has 2 saturated carbocycles. The third-order valence-corrected chi connectivity index (χ3v) is 6.12. The monoisotopic (exact) mass is 464 g/mol. The molecule has 3 fully saturated rings. The number of morpholine rings is 1. The Morgan fingerprint density at radius 3 is 2.36 bits per heavy atom. The molecule has 1 heterocycles. The van der Waals surface area contributed by atoms with Gasteiger partial charge in [0, 0.05) is 37.6 Å². The first-order chi connectivity index (χ1) is 11.8. The smallest absolute Gasteiger partial charge is 0.188 e. The van der Waals surface area contributed by atoms with Crippen molar-refractivity contribution in [1.82, 2.24) is 10.2 Å². The molecule has 6 heteroatoms. The third-order valence-electron chi connectivity index (χ3n) is 6.12. The molecular weight excluding hydrogens is 427 g/mol. The van der Waals surface area contributed by atoms with E-state index < -0.39 is 0 Å². The highest BCUT2D eigenvalue weighted by Gasteiger charge is 2.34. The van der Waals surface area contributed by atoms with E-state index in [0.717, 1.165) is 39.4 Å². The molecule has 25 heavy (non-hydrogen) atoms. The van der Waals surface area contributed by atoms with Crippen molar-refractivity contribution in [2.45, 2.75) is 70.3 Å². The minimum atomic E-state index is 0. The molecular formula is C19H37IN4O. The number of halogens is 1. The summed E-state index contributed by atoms with van der Waals surface area (Å²) in [5.74, 6) is 0.675. The first kappa shape index (κ1) is 21.2. The van der Waals surface area contributed by atoms with Crippen molar-refractivity contribution in [3.8, 4) is 0 Å². The van der Waals surface area contributed by atoms with E-state index in [-0.39, 0.29) is 24.0 Å². The summed E-state index contributed by atoms with van der Waals surface area (Å²) >= 11 is 0. The molecule has 1 saturated heterocycles. The van der Waals surface area contributed by atoms with Crippen molar-refractivity contribution in [2.75, 3.05) is 39.4 Å². The van der Waals surface area contributed by atoms with E-state index in [0.29, 0.717) is 17.4 Å². The van der Waals surface area contributed by atoms with Gasteiger partial charge in [-0.15, -0.1) is 24.0 Å². The molecule has 0 radical (unpaired) electrons. The molecule has 0 aromatic rings. The second-order valence-electron chi connectivity index (χ2n) is 8.13. The second-order valence-corrected chi connectivity index (χ2v) is 8.13. The van der Waals surface area contributed by atoms with Gasteiger partial charge in [0.2, 0.25) is 0 Å². The van der Waals surface area contributed by atoms with Crippen molar-refractivity contribution in [2.24, 2.45) is 16.1 Å². The van der Waals surface area contributed by atoms with Crippen LogP contribution in [0.15, 0.2) is 4.99 Å². The molecule has 3 aliphatic rings. The van der Waals surface area contributed by atoms with E-state index >= 15 is 0 Å². The quantitative estimate of drug-likeness (QED) is 0.373. The summed E-state index contributed by atoms with van der Waals surface area (Å²) in [5, 5.41) is 3.47. The Labute approximate surface area is 170 Å². The van der Waals surface area contributed by atoms with Gasteiger partial charge in [-0.05, 0) is 25.7 Å². The van der Waals surface area contributed by atoms with Crippen LogP contribution in [0.2, 0.25) is 0 Å². The second kappa shape index (κ2) is 10.9. The zero-order valence-electron chi connectivity index (χ0n) is 15.7. The van der Waals surface area contributed by atoms with Gasteiger partial charge in [0.25, 0.3) is 0 Å². The van der Waals surface area contributed by atoms with Gasteiger partial charge in [-0.25, -0.2) is 0 Å². The number of hydrogen-bond donors (Lipinski definition) is 2. The molecule has 3 rings (SSSR count). The number of rotatable bonds is 5. The van der Waals surface area contributed by atoms with Crippen LogP contribution < -0.4 is 11.1 Å². The van der Waals surface area contributed by atoms with Crippen LogP contribution in [0.5, 0.6) is 0 Å². The van der Waals surface area contributed by atoms with E-state index in [9.17, 15) is 0 Å². The third kappa shape index (κ3) is 6.86. The summed E-state index contributed by atoms with van der Waals surface area (Å²) in [4.78, 5) is 7.38. The highest BCUT2D eigenvalue weighted by atomic mass is 127. The first-order valence-corrected chi connectivity index (χ1v) is 10.1. The average Bonchev–Trinajstić information content (AvgIpc) is 2.63. The van der Waals surface area contributed by atoms with Gasteiger partial charge in [-0.3, -0.25) is 9.89 Å². The average molecular weight is 464 g/mol. The van der Waals surface area contributed by atoms with Crippen LogP contribution in [-0.2, 0) is 4.74 Å². The minimum absolute atomic E-state index is 0. The largest absolute Gasteiger partial charge is 0.379 e. The molecule has 2 aliphatic carbocycles. The molecule has 0 unspecified atom stereocenters. The maximum atomic E-state index is 6.22. The van der Waals surface area contributed by atoms with E-state index in [2.05, 4.69) is 10.2 Å². The lowest BCUT2D eigenvalue weighted by Gasteiger charge is -2.41. The molecule has 3 N–H and O–H groups in total. The van der Waals surface area contributed by atoms with Gasteiger partial charge in [-0.1, -0.05) is 38.5 Å².